The summed E-state index contributed by atoms with van der Waals surface area (Å²) in [6.07, 6.45) is 3.48. The lowest BCUT2D eigenvalue weighted by molar-refractivity contribution is -0.136. The lowest BCUT2D eigenvalue weighted by Gasteiger charge is -2.28. The number of likely N-dealkylation sites (N-methyl/N-ethyl adjacent to an activating group) is 1. The molecule has 1 amide bonds. The number of rotatable bonds is 3. The molecule has 0 atom stereocenters. The number of hydrogen-bond donors (Lipinski definition) is 2. The Labute approximate surface area is 122 Å². The van der Waals surface area contributed by atoms with Crippen molar-refractivity contribution in [3.63, 3.8) is 0 Å². The Morgan fingerprint density at radius 1 is 1.48 bits per heavy atom. The zero-order valence-corrected chi connectivity index (χ0v) is 12.0. The van der Waals surface area contributed by atoms with E-state index >= 15 is 0 Å². The molecule has 0 radical (unpaired) electrons. The van der Waals surface area contributed by atoms with Gasteiger partial charge in [0.25, 0.3) is 0 Å². The highest BCUT2D eigenvalue weighted by Crippen LogP contribution is 2.29. The highest BCUT2D eigenvalue weighted by molar-refractivity contribution is 5.86. The number of aromatic amines is 1. The third-order valence-electron chi connectivity index (χ3n) is 4.15. The van der Waals surface area contributed by atoms with E-state index < -0.39 is 5.54 Å². The zero-order chi connectivity index (χ0) is 15.0. The van der Waals surface area contributed by atoms with Crippen LogP contribution in [0.15, 0.2) is 18.2 Å². The Morgan fingerprint density at radius 3 is 2.90 bits per heavy atom. The fraction of sp³-hybridized carbons (Fsp3) is 0.467. The van der Waals surface area contributed by atoms with Gasteiger partial charge in [-0.25, -0.2) is 9.37 Å². The molecular formula is C15H19FN4O. The van der Waals surface area contributed by atoms with Crippen molar-refractivity contribution in [2.24, 2.45) is 5.73 Å². The number of hydrogen-bond acceptors (Lipinski definition) is 3. The normalized spacial score (nSPS) is 17.3. The molecule has 5 nitrogen and oxygen atoms in total. The Kier molecular flexibility index (Phi) is 3.41. The highest BCUT2D eigenvalue weighted by Gasteiger charge is 2.38. The molecule has 112 valence electrons. The summed E-state index contributed by atoms with van der Waals surface area (Å²) in [6, 6.07) is 4.39. The maximum absolute atomic E-state index is 13.2. The predicted molar refractivity (Wildman–Crippen MR) is 77.9 cm³/mol. The predicted octanol–water partition coefficient (Wildman–Crippen LogP) is 1.93. The van der Waals surface area contributed by atoms with Crippen LogP contribution in [0.4, 0.5) is 4.39 Å². The van der Waals surface area contributed by atoms with Gasteiger partial charge in [0.2, 0.25) is 5.91 Å². The molecule has 3 rings (SSSR count). The van der Waals surface area contributed by atoms with Crippen molar-refractivity contribution < 1.29 is 9.18 Å². The fourth-order valence-electron chi connectivity index (χ4n) is 3.01. The average Bonchev–Trinajstić information content (AvgIpc) is 3.04. The lowest BCUT2D eigenvalue weighted by atomic mass is 9.97. The number of nitrogens with zero attached hydrogens (tertiary/aromatic N) is 2. The summed E-state index contributed by atoms with van der Waals surface area (Å²) in [5, 5.41) is 0. The second-order valence-corrected chi connectivity index (χ2v) is 5.87. The van der Waals surface area contributed by atoms with Gasteiger partial charge in [-0.3, -0.25) is 4.79 Å². The summed E-state index contributed by atoms with van der Waals surface area (Å²) in [4.78, 5) is 21.4. The molecule has 1 saturated carbocycles. The minimum Gasteiger partial charge on any atom is -0.340 e. The number of H-pyrrole nitrogens is 1. The Morgan fingerprint density at radius 2 is 2.19 bits per heavy atom. The molecule has 0 spiro atoms. The van der Waals surface area contributed by atoms with Crippen LogP contribution in [-0.4, -0.2) is 33.4 Å². The van der Waals surface area contributed by atoms with Crippen molar-refractivity contribution in [1.29, 1.82) is 0 Å². The first-order valence-corrected chi connectivity index (χ1v) is 7.16. The third-order valence-corrected chi connectivity index (χ3v) is 4.15. The highest BCUT2D eigenvalue weighted by atomic mass is 19.1. The van der Waals surface area contributed by atoms with Crippen LogP contribution in [0.3, 0.4) is 0 Å². The Balaban J connectivity index is 1.76. The summed E-state index contributed by atoms with van der Waals surface area (Å²) >= 11 is 0. The van der Waals surface area contributed by atoms with E-state index in [1.165, 1.54) is 12.1 Å². The largest absolute Gasteiger partial charge is 0.340 e. The number of amides is 1. The first-order chi connectivity index (χ1) is 9.98. The van der Waals surface area contributed by atoms with E-state index in [2.05, 4.69) is 9.97 Å². The van der Waals surface area contributed by atoms with Gasteiger partial charge in [-0.05, 0) is 31.0 Å². The summed E-state index contributed by atoms with van der Waals surface area (Å²) in [7, 11) is 1.73. The number of nitrogens with two attached hydrogens (primary N) is 1. The maximum Gasteiger partial charge on any atom is 0.242 e. The van der Waals surface area contributed by atoms with E-state index in [1.807, 2.05) is 0 Å². The van der Waals surface area contributed by atoms with Crippen LogP contribution in [0.2, 0.25) is 0 Å². The summed E-state index contributed by atoms with van der Waals surface area (Å²) in [5.74, 6) is 0.272. The molecule has 1 heterocycles. The molecular weight excluding hydrogens is 271 g/mol. The van der Waals surface area contributed by atoms with Crippen LogP contribution in [-0.2, 0) is 11.3 Å². The fourth-order valence-corrected chi connectivity index (χ4v) is 3.01. The molecule has 0 unspecified atom stereocenters. The van der Waals surface area contributed by atoms with E-state index in [9.17, 15) is 9.18 Å². The summed E-state index contributed by atoms with van der Waals surface area (Å²) in [6.45, 7) is 0.341. The summed E-state index contributed by atoms with van der Waals surface area (Å²) < 4.78 is 13.2. The van der Waals surface area contributed by atoms with Crippen molar-refractivity contribution in [1.82, 2.24) is 14.9 Å². The van der Waals surface area contributed by atoms with E-state index in [0.29, 0.717) is 23.4 Å². The molecule has 3 N–H and O–H groups in total. The first-order valence-electron chi connectivity index (χ1n) is 7.16. The number of benzene rings is 1. The van der Waals surface area contributed by atoms with E-state index in [0.717, 1.165) is 25.7 Å². The van der Waals surface area contributed by atoms with Crippen LogP contribution in [0.5, 0.6) is 0 Å². The molecule has 1 aliphatic carbocycles. The van der Waals surface area contributed by atoms with Gasteiger partial charge in [-0.1, -0.05) is 12.8 Å². The molecule has 21 heavy (non-hydrogen) atoms. The van der Waals surface area contributed by atoms with Crippen LogP contribution in [0, 0.1) is 5.82 Å². The number of halogens is 1. The van der Waals surface area contributed by atoms with Crippen LogP contribution in [0.25, 0.3) is 11.0 Å². The number of carbonyl (C=O) groups is 1. The van der Waals surface area contributed by atoms with Gasteiger partial charge in [0.05, 0.1) is 23.1 Å². The van der Waals surface area contributed by atoms with Gasteiger partial charge >= 0.3 is 0 Å². The van der Waals surface area contributed by atoms with E-state index in [4.69, 9.17) is 5.73 Å². The SMILES string of the molecule is CN(Cc1nc2ccc(F)cc2[nH]1)C(=O)C1(N)CCCC1. The second-order valence-electron chi connectivity index (χ2n) is 5.87. The molecule has 2 aromatic rings. The van der Waals surface area contributed by atoms with Crippen molar-refractivity contribution >= 4 is 16.9 Å². The molecule has 6 heteroatoms. The second kappa shape index (κ2) is 5.11. The van der Waals surface area contributed by atoms with Crippen LogP contribution in [0.1, 0.15) is 31.5 Å². The van der Waals surface area contributed by atoms with Crippen molar-refractivity contribution in [2.45, 2.75) is 37.8 Å². The monoisotopic (exact) mass is 290 g/mol. The van der Waals surface area contributed by atoms with Crippen LogP contribution < -0.4 is 5.73 Å². The van der Waals surface area contributed by atoms with E-state index in [1.54, 1.807) is 18.0 Å². The Bertz CT molecular complexity index is 675. The van der Waals surface area contributed by atoms with Gasteiger partial charge in [0.1, 0.15) is 11.6 Å². The van der Waals surface area contributed by atoms with Gasteiger partial charge in [0, 0.05) is 7.05 Å². The topological polar surface area (TPSA) is 75.0 Å². The smallest absolute Gasteiger partial charge is 0.242 e. The summed E-state index contributed by atoms with van der Waals surface area (Å²) in [5.41, 5.74) is 6.78. The molecule has 1 aromatic carbocycles. The zero-order valence-electron chi connectivity index (χ0n) is 12.0. The number of carbonyl (C=O) groups excluding carboxylic acids is 1. The Hall–Kier alpha value is -1.95. The number of fused-ring (bicyclic) bond motifs is 1. The molecule has 0 aliphatic heterocycles. The molecule has 1 aliphatic rings. The number of nitrogens with one attached hydrogen (secondary N) is 1. The number of aromatic nitrogens is 2. The van der Waals surface area contributed by atoms with E-state index in [-0.39, 0.29) is 11.7 Å². The average molecular weight is 290 g/mol. The first kappa shape index (κ1) is 14.0. The maximum atomic E-state index is 13.2. The van der Waals surface area contributed by atoms with Gasteiger partial charge in [-0.15, -0.1) is 0 Å². The number of imidazole rings is 1. The minimum absolute atomic E-state index is 0.0494. The van der Waals surface area contributed by atoms with Crippen molar-refractivity contribution in [3.8, 4) is 0 Å². The molecule has 0 saturated heterocycles. The van der Waals surface area contributed by atoms with Crippen molar-refractivity contribution in [2.75, 3.05) is 7.05 Å². The van der Waals surface area contributed by atoms with Crippen LogP contribution >= 0.6 is 0 Å². The molecule has 1 fully saturated rings. The standard InChI is InChI=1S/C15H19FN4O/c1-20(14(21)15(17)6-2-3-7-15)9-13-18-11-5-4-10(16)8-12(11)19-13/h4-5,8H,2-3,6-7,9,17H2,1H3,(H,18,19). The quantitative estimate of drug-likeness (QED) is 0.907. The van der Waals surface area contributed by atoms with Gasteiger partial charge in [0.15, 0.2) is 0 Å². The molecule has 1 aromatic heterocycles. The minimum atomic E-state index is -0.729. The van der Waals surface area contributed by atoms with Crippen molar-refractivity contribution in [3.05, 3.63) is 29.8 Å². The lowest BCUT2D eigenvalue weighted by Crippen LogP contribution is -2.52. The third kappa shape index (κ3) is 2.63. The van der Waals surface area contributed by atoms with Gasteiger partial charge < -0.3 is 15.6 Å². The van der Waals surface area contributed by atoms with Gasteiger partial charge in [-0.2, -0.15) is 0 Å². The molecule has 0 bridgehead atoms.